The SMILES string of the molecule is CCCCCC(C)(CN)N(C)C(C)COC. The Labute approximate surface area is 101 Å². The molecule has 2 atom stereocenters. The van der Waals surface area contributed by atoms with Crippen LogP contribution in [0.5, 0.6) is 0 Å². The van der Waals surface area contributed by atoms with Crippen LogP contribution < -0.4 is 5.73 Å². The van der Waals surface area contributed by atoms with Gasteiger partial charge in [0, 0.05) is 25.2 Å². The number of hydrogen-bond donors (Lipinski definition) is 1. The van der Waals surface area contributed by atoms with Gasteiger partial charge in [0.25, 0.3) is 0 Å². The van der Waals surface area contributed by atoms with Crippen molar-refractivity contribution >= 4 is 0 Å². The minimum absolute atomic E-state index is 0.104. The molecule has 2 unspecified atom stereocenters. The molecular weight excluding hydrogens is 200 g/mol. The lowest BCUT2D eigenvalue weighted by Gasteiger charge is -2.42. The molecule has 0 saturated heterocycles. The number of nitrogens with two attached hydrogens (primary N) is 1. The normalized spacial score (nSPS) is 17.4. The van der Waals surface area contributed by atoms with Crippen molar-refractivity contribution in [3.05, 3.63) is 0 Å². The first-order chi connectivity index (χ1) is 7.51. The van der Waals surface area contributed by atoms with Gasteiger partial charge in [0.1, 0.15) is 0 Å². The average Bonchev–Trinajstić information content (AvgIpc) is 2.28. The largest absolute Gasteiger partial charge is 0.383 e. The molecule has 0 bridgehead atoms. The molecule has 0 aromatic carbocycles. The van der Waals surface area contributed by atoms with E-state index in [1.54, 1.807) is 7.11 Å². The lowest BCUT2D eigenvalue weighted by Crippen LogP contribution is -2.54. The van der Waals surface area contributed by atoms with Crippen LogP contribution in [0.1, 0.15) is 46.5 Å². The van der Waals surface area contributed by atoms with E-state index in [2.05, 4.69) is 32.7 Å². The van der Waals surface area contributed by atoms with Crippen LogP contribution in [0.15, 0.2) is 0 Å². The zero-order valence-electron chi connectivity index (χ0n) is 11.8. The van der Waals surface area contributed by atoms with Gasteiger partial charge in [-0.05, 0) is 27.3 Å². The number of methoxy groups -OCH3 is 1. The Balaban J connectivity index is 4.29. The second-order valence-corrected chi connectivity index (χ2v) is 5.07. The van der Waals surface area contributed by atoms with E-state index in [0.717, 1.165) is 6.61 Å². The summed E-state index contributed by atoms with van der Waals surface area (Å²) in [7, 11) is 3.91. The first kappa shape index (κ1) is 15.9. The van der Waals surface area contributed by atoms with Gasteiger partial charge in [0.2, 0.25) is 0 Å². The van der Waals surface area contributed by atoms with Crippen molar-refractivity contribution in [2.24, 2.45) is 5.73 Å². The Morgan fingerprint density at radius 3 is 2.44 bits per heavy atom. The maximum absolute atomic E-state index is 5.94. The van der Waals surface area contributed by atoms with Gasteiger partial charge in [0.15, 0.2) is 0 Å². The van der Waals surface area contributed by atoms with Crippen LogP contribution >= 0.6 is 0 Å². The molecule has 0 fully saturated rings. The summed E-state index contributed by atoms with van der Waals surface area (Å²) in [6, 6.07) is 0.417. The molecule has 0 amide bonds. The summed E-state index contributed by atoms with van der Waals surface area (Å²) in [5.74, 6) is 0. The lowest BCUT2D eigenvalue weighted by molar-refractivity contribution is 0.0414. The fourth-order valence-electron chi connectivity index (χ4n) is 2.06. The first-order valence-electron chi connectivity index (χ1n) is 6.43. The standard InChI is InChI=1S/C13H30N2O/c1-6-7-8-9-13(3,11-14)15(4)12(2)10-16-5/h12H,6-11,14H2,1-5H3. The van der Waals surface area contributed by atoms with Crippen molar-refractivity contribution in [1.82, 2.24) is 4.90 Å². The van der Waals surface area contributed by atoms with Crippen molar-refractivity contribution in [3.8, 4) is 0 Å². The van der Waals surface area contributed by atoms with E-state index in [4.69, 9.17) is 10.5 Å². The Hall–Kier alpha value is -0.120. The number of hydrogen-bond acceptors (Lipinski definition) is 3. The van der Waals surface area contributed by atoms with Gasteiger partial charge in [0.05, 0.1) is 6.61 Å². The Bertz CT molecular complexity index is 175. The number of likely N-dealkylation sites (N-methyl/N-ethyl adjacent to an activating group) is 1. The maximum atomic E-state index is 5.94. The van der Waals surface area contributed by atoms with Crippen LogP contribution in [0.3, 0.4) is 0 Å². The molecule has 3 heteroatoms. The number of ether oxygens (including phenoxy) is 1. The Morgan fingerprint density at radius 1 is 1.38 bits per heavy atom. The number of nitrogens with zero attached hydrogens (tertiary/aromatic N) is 1. The van der Waals surface area contributed by atoms with Gasteiger partial charge in [-0.3, -0.25) is 4.90 Å². The summed E-state index contributed by atoms with van der Waals surface area (Å²) in [6.07, 6.45) is 4.98. The minimum Gasteiger partial charge on any atom is -0.383 e. The van der Waals surface area contributed by atoms with Crippen LogP contribution in [0, 0.1) is 0 Å². The van der Waals surface area contributed by atoms with Crippen molar-refractivity contribution in [3.63, 3.8) is 0 Å². The smallest absolute Gasteiger partial charge is 0.0615 e. The molecule has 0 aliphatic rings. The third kappa shape index (κ3) is 4.81. The summed E-state index contributed by atoms with van der Waals surface area (Å²) >= 11 is 0. The predicted molar refractivity (Wildman–Crippen MR) is 70.7 cm³/mol. The van der Waals surface area contributed by atoms with E-state index < -0.39 is 0 Å². The zero-order valence-corrected chi connectivity index (χ0v) is 11.8. The van der Waals surface area contributed by atoms with Gasteiger partial charge in [-0.15, -0.1) is 0 Å². The van der Waals surface area contributed by atoms with Gasteiger partial charge in [-0.2, -0.15) is 0 Å². The van der Waals surface area contributed by atoms with E-state index in [9.17, 15) is 0 Å². The second kappa shape index (κ2) is 8.04. The van der Waals surface area contributed by atoms with Crippen molar-refractivity contribution in [2.75, 3.05) is 27.3 Å². The molecule has 0 aromatic rings. The summed E-state index contributed by atoms with van der Waals surface area (Å²) in [4.78, 5) is 2.37. The quantitative estimate of drug-likeness (QED) is 0.617. The molecule has 0 radical (unpaired) electrons. The molecule has 0 saturated carbocycles. The lowest BCUT2D eigenvalue weighted by atomic mass is 9.91. The van der Waals surface area contributed by atoms with Crippen LogP contribution in [0.4, 0.5) is 0 Å². The van der Waals surface area contributed by atoms with Crippen molar-refractivity contribution in [2.45, 2.75) is 58.0 Å². The highest BCUT2D eigenvalue weighted by Crippen LogP contribution is 2.22. The average molecular weight is 230 g/mol. The molecule has 0 heterocycles. The first-order valence-corrected chi connectivity index (χ1v) is 6.43. The molecule has 0 aromatic heterocycles. The van der Waals surface area contributed by atoms with E-state index in [1.807, 2.05) is 0 Å². The molecule has 0 spiro atoms. The van der Waals surface area contributed by atoms with Crippen LogP contribution in [0.2, 0.25) is 0 Å². The van der Waals surface area contributed by atoms with Crippen LogP contribution in [0.25, 0.3) is 0 Å². The zero-order chi connectivity index (χ0) is 12.6. The molecular formula is C13H30N2O. The van der Waals surface area contributed by atoms with Crippen molar-refractivity contribution < 1.29 is 4.74 Å². The van der Waals surface area contributed by atoms with Gasteiger partial charge in [-0.1, -0.05) is 26.2 Å². The van der Waals surface area contributed by atoms with Gasteiger partial charge >= 0.3 is 0 Å². The number of rotatable bonds is 9. The monoisotopic (exact) mass is 230 g/mol. The third-order valence-electron chi connectivity index (χ3n) is 3.68. The molecule has 0 aliphatic carbocycles. The number of unbranched alkanes of at least 4 members (excludes halogenated alkanes) is 2. The summed E-state index contributed by atoms with van der Waals surface area (Å²) < 4.78 is 5.21. The van der Waals surface area contributed by atoms with E-state index in [-0.39, 0.29) is 5.54 Å². The fourth-order valence-corrected chi connectivity index (χ4v) is 2.06. The summed E-state index contributed by atoms with van der Waals surface area (Å²) in [5, 5.41) is 0. The predicted octanol–water partition coefficient (Wildman–Crippen LogP) is 2.25. The summed E-state index contributed by atoms with van der Waals surface area (Å²) in [5.41, 5.74) is 6.05. The molecule has 0 aliphatic heterocycles. The highest BCUT2D eigenvalue weighted by Gasteiger charge is 2.30. The van der Waals surface area contributed by atoms with Crippen molar-refractivity contribution in [1.29, 1.82) is 0 Å². The molecule has 0 rings (SSSR count). The minimum atomic E-state index is 0.104. The van der Waals surface area contributed by atoms with Crippen LogP contribution in [-0.2, 0) is 4.74 Å². The summed E-state index contributed by atoms with van der Waals surface area (Å²) in [6.45, 7) is 8.16. The maximum Gasteiger partial charge on any atom is 0.0615 e. The van der Waals surface area contributed by atoms with E-state index in [0.29, 0.717) is 12.6 Å². The second-order valence-electron chi connectivity index (χ2n) is 5.07. The Morgan fingerprint density at radius 2 is 2.00 bits per heavy atom. The van der Waals surface area contributed by atoms with Gasteiger partial charge in [-0.25, -0.2) is 0 Å². The topological polar surface area (TPSA) is 38.5 Å². The highest BCUT2D eigenvalue weighted by molar-refractivity contribution is 4.88. The van der Waals surface area contributed by atoms with Crippen LogP contribution in [-0.4, -0.2) is 43.8 Å². The van der Waals surface area contributed by atoms with E-state index in [1.165, 1.54) is 25.7 Å². The molecule has 98 valence electrons. The highest BCUT2D eigenvalue weighted by atomic mass is 16.5. The fraction of sp³-hybridized carbons (Fsp3) is 1.00. The van der Waals surface area contributed by atoms with Gasteiger partial charge < -0.3 is 10.5 Å². The molecule has 2 N–H and O–H groups in total. The third-order valence-corrected chi connectivity index (χ3v) is 3.68. The molecule has 3 nitrogen and oxygen atoms in total. The Kier molecular flexibility index (Phi) is 7.98. The molecule has 16 heavy (non-hydrogen) atoms. The van der Waals surface area contributed by atoms with E-state index >= 15 is 0 Å².